The first kappa shape index (κ1) is 10.7. The highest BCUT2D eigenvalue weighted by atomic mass is 16.3. The van der Waals surface area contributed by atoms with Gasteiger partial charge in [-0.2, -0.15) is 0 Å². The van der Waals surface area contributed by atoms with Crippen molar-refractivity contribution in [2.24, 2.45) is 0 Å². The summed E-state index contributed by atoms with van der Waals surface area (Å²) in [7, 11) is 0. The molecule has 1 aromatic heterocycles. The van der Waals surface area contributed by atoms with Gasteiger partial charge in [-0.15, -0.1) is 0 Å². The number of aromatic nitrogens is 1. The van der Waals surface area contributed by atoms with Crippen LogP contribution >= 0.6 is 0 Å². The number of aryl methyl sites for hydroxylation is 1. The Morgan fingerprint density at radius 3 is 2.88 bits per heavy atom. The third-order valence-electron chi connectivity index (χ3n) is 2.77. The summed E-state index contributed by atoms with van der Waals surface area (Å²) in [5.41, 5.74) is 2.86. The molecular formula is C14H15NO. The van der Waals surface area contributed by atoms with Crippen molar-refractivity contribution in [3.8, 4) is 0 Å². The minimum atomic E-state index is 0.307. The molecule has 16 heavy (non-hydrogen) atoms. The molecule has 0 aliphatic carbocycles. The first-order valence-corrected chi connectivity index (χ1v) is 5.50. The number of aliphatic hydroxyl groups excluding tert-OH is 1. The number of allylic oxidation sites excluding steroid dienone is 1. The highest BCUT2D eigenvalue weighted by Gasteiger charge is 2.10. The normalized spacial score (nSPS) is 12.0. The van der Waals surface area contributed by atoms with Gasteiger partial charge < -0.3 is 5.11 Å². The van der Waals surface area contributed by atoms with E-state index in [-0.39, 0.29) is 0 Å². The molecule has 0 saturated heterocycles. The number of fused-ring (bicyclic) bond motifs is 1. The van der Waals surface area contributed by atoms with Crippen molar-refractivity contribution in [3.63, 3.8) is 0 Å². The van der Waals surface area contributed by atoms with Crippen LogP contribution in [0.2, 0.25) is 0 Å². The van der Waals surface area contributed by atoms with Gasteiger partial charge in [0, 0.05) is 17.1 Å². The Bertz CT molecular complexity index is 543. The molecule has 1 heterocycles. The van der Waals surface area contributed by atoms with Crippen LogP contribution in [0.5, 0.6) is 0 Å². The summed E-state index contributed by atoms with van der Waals surface area (Å²) in [6, 6.07) is 8.02. The van der Waals surface area contributed by atoms with Crippen LogP contribution in [0, 0.1) is 0 Å². The van der Waals surface area contributed by atoms with E-state index in [2.05, 4.69) is 18.0 Å². The molecule has 82 valence electrons. The number of nitrogens with zero attached hydrogens (tertiary/aromatic N) is 1. The maximum atomic E-state index is 9.96. The van der Waals surface area contributed by atoms with Crippen molar-refractivity contribution in [1.29, 1.82) is 0 Å². The number of hydrogen-bond acceptors (Lipinski definition) is 2. The van der Waals surface area contributed by atoms with Crippen LogP contribution in [0.4, 0.5) is 0 Å². The lowest BCUT2D eigenvalue weighted by Crippen LogP contribution is -1.95. The van der Waals surface area contributed by atoms with Gasteiger partial charge in [-0.1, -0.05) is 25.1 Å². The average molecular weight is 213 g/mol. The van der Waals surface area contributed by atoms with E-state index in [1.165, 1.54) is 0 Å². The fraction of sp³-hybridized carbons (Fsp3) is 0.214. The smallest absolute Gasteiger partial charge is 0.121 e. The highest BCUT2D eigenvalue weighted by molar-refractivity contribution is 5.90. The van der Waals surface area contributed by atoms with Crippen LogP contribution in [-0.4, -0.2) is 10.1 Å². The van der Waals surface area contributed by atoms with Crippen molar-refractivity contribution in [2.75, 3.05) is 0 Å². The summed E-state index contributed by atoms with van der Waals surface area (Å²) < 4.78 is 0. The van der Waals surface area contributed by atoms with E-state index in [1.54, 1.807) is 12.3 Å². The van der Waals surface area contributed by atoms with Crippen molar-refractivity contribution in [1.82, 2.24) is 4.98 Å². The summed E-state index contributed by atoms with van der Waals surface area (Å²) in [6.07, 6.45) is 4.36. The Morgan fingerprint density at radius 1 is 1.38 bits per heavy atom. The van der Waals surface area contributed by atoms with Gasteiger partial charge in [0.25, 0.3) is 0 Å². The van der Waals surface area contributed by atoms with Gasteiger partial charge in [0.2, 0.25) is 0 Å². The van der Waals surface area contributed by atoms with E-state index >= 15 is 0 Å². The molecule has 2 heteroatoms. The molecule has 0 radical (unpaired) electrons. The van der Waals surface area contributed by atoms with E-state index in [0.29, 0.717) is 5.76 Å². The van der Waals surface area contributed by atoms with Gasteiger partial charge in [0.1, 0.15) is 5.76 Å². The topological polar surface area (TPSA) is 33.1 Å². The second-order valence-electron chi connectivity index (χ2n) is 3.70. The van der Waals surface area contributed by atoms with E-state index in [4.69, 9.17) is 0 Å². The molecule has 2 aromatic rings. The van der Waals surface area contributed by atoms with Gasteiger partial charge in [-0.05, 0) is 31.1 Å². The second kappa shape index (κ2) is 4.35. The molecule has 1 N–H and O–H groups in total. The zero-order valence-electron chi connectivity index (χ0n) is 9.57. The maximum absolute atomic E-state index is 9.96. The number of rotatable bonds is 2. The molecule has 0 aliphatic rings. The highest BCUT2D eigenvalue weighted by Crippen LogP contribution is 2.26. The van der Waals surface area contributed by atoms with Gasteiger partial charge in [-0.25, -0.2) is 0 Å². The van der Waals surface area contributed by atoms with Crippen molar-refractivity contribution in [3.05, 3.63) is 47.7 Å². The molecule has 0 atom stereocenters. The van der Waals surface area contributed by atoms with E-state index in [9.17, 15) is 5.11 Å². The number of benzene rings is 1. The molecule has 0 saturated carbocycles. The van der Waals surface area contributed by atoms with E-state index < -0.39 is 0 Å². The lowest BCUT2D eigenvalue weighted by molar-refractivity contribution is 0.510. The summed E-state index contributed by atoms with van der Waals surface area (Å²) >= 11 is 0. The number of aliphatic hydroxyl groups is 1. The van der Waals surface area contributed by atoms with E-state index in [1.807, 2.05) is 25.1 Å². The molecule has 2 rings (SSSR count). The quantitative estimate of drug-likeness (QED) is 0.771. The Hall–Kier alpha value is -1.83. The molecular weight excluding hydrogens is 198 g/mol. The minimum absolute atomic E-state index is 0.307. The van der Waals surface area contributed by atoms with Gasteiger partial charge >= 0.3 is 0 Å². The van der Waals surface area contributed by atoms with E-state index in [0.717, 1.165) is 28.5 Å². The van der Waals surface area contributed by atoms with Gasteiger partial charge in [0.15, 0.2) is 0 Å². The van der Waals surface area contributed by atoms with Crippen molar-refractivity contribution >= 4 is 16.7 Å². The van der Waals surface area contributed by atoms with Crippen LogP contribution in [0.3, 0.4) is 0 Å². The SMILES string of the molecule is C/C=C(/O)c1c(CC)ccc2cccnc12. The third kappa shape index (κ3) is 1.67. The molecule has 0 amide bonds. The fourth-order valence-corrected chi connectivity index (χ4v) is 1.91. The average Bonchev–Trinajstić information content (AvgIpc) is 2.36. The second-order valence-corrected chi connectivity index (χ2v) is 3.70. The first-order valence-electron chi connectivity index (χ1n) is 5.50. The number of pyridine rings is 1. The molecule has 1 aromatic carbocycles. The Labute approximate surface area is 95.3 Å². The zero-order chi connectivity index (χ0) is 11.5. The van der Waals surface area contributed by atoms with Crippen molar-refractivity contribution < 1.29 is 5.11 Å². The monoisotopic (exact) mass is 213 g/mol. The zero-order valence-corrected chi connectivity index (χ0v) is 9.57. The lowest BCUT2D eigenvalue weighted by Gasteiger charge is -2.10. The summed E-state index contributed by atoms with van der Waals surface area (Å²) in [5, 5.41) is 11.0. The third-order valence-corrected chi connectivity index (χ3v) is 2.77. The number of hydrogen-bond donors (Lipinski definition) is 1. The standard InChI is InChI=1S/C14H15NO/c1-3-10-7-8-11-6-5-9-15-14(11)13(10)12(16)4-2/h4-9,16H,3H2,1-2H3/b12-4+. The minimum Gasteiger partial charge on any atom is -0.508 e. The summed E-state index contributed by atoms with van der Waals surface area (Å²) in [6.45, 7) is 3.91. The van der Waals surface area contributed by atoms with Crippen LogP contribution < -0.4 is 0 Å². The van der Waals surface area contributed by atoms with Gasteiger partial charge in [0.05, 0.1) is 5.52 Å². The largest absolute Gasteiger partial charge is 0.508 e. The van der Waals surface area contributed by atoms with Crippen LogP contribution in [-0.2, 0) is 6.42 Å². The van der Waals surface area contributed by atoms with Crippen LogP contribution in [0.1, 0.15) is 25.0 Å². The van der Waals surface area contributed by atoms with Crippen LogP contribution in [0.25, 0.3) is 16.7 Å². The molecule has 0 bridgehead atoms. The fourth-order valence-electron chi connectivity index (χ4n) is 1.91. The molecule has 0 unspecified atom stereocenters. The van der Waals surface area contributed by atoms with Crippen molar-refractivity contribution in [2.45, 2.75) is 20.3 Å². The Balaban J connectivity index is 2.83. The summed E-state index contributed by atoms with van der Waals surface area (Å²) in [5.74, 6) is 0.307. The molecule has 0 aliphatic heterocycles. The predicted molar refractivity (Wildman–Crippen MR) is 67.4 cm³/mol. The molecule has 2 nitrogen and oxygen atoms in total. The van der Waals surface area contributed by atoms with Gasteiger partial charge in [-0.3, -0.25) is 4.98 Å². The Morgan fingerprint density at radius 2 is 2.19 bits per heavy atom. The maximum Gasteiger partial charge on any atom is 0.121 e. The van der Waals surface area contributed by atoms with Crippen LogP contribution in [0.15, 0.2) is 36.5 Å². The lowest BCUT2D eigenvalue weighted by atomic mass is 9.99. The molecule has 0 spiro atoms. The summed E-state index contributed by atoms with van der Waals surface area (Å²) in [4.78, 5) is 4.36. The predicted octanol–water partition coefficient (Wildman–Crippen LogP) is 3.72. The first-order chi connectivity index (χ1) is 7.77. The Kier molecular flexibility index (Phi) is 2.91. The molecule has 0 fully saturated rings.